The molecule has 1 atom stereocenters. The number of unbranched alkanes of at least 4 members (excludes halogenated alkanes) is 2. The zero-order valence-corrected chi connectivity index (χ0v) is 21.0. The van der Waals surface area contributed by atoms with Crippen LogP contribution in [-0.4, -0.2) is 6.61 Å². The molecule has 1 heterocycles. The van der Waals surface area contributed by atoms with Gasteiger partial charge < -0.3 is 4.74 Å². The highest BCUT2D eigenvalue weighted by Crippen LogP contribution is 2.56. The summed E-state index contributed by atoms with van der Waals surface area (Å²) in [4.78, 5) is -0.819. The fourth-order valence-corrected chi connectivity index (χ4v) is 5.98. The first kappa shape index (κ1) is 25.5. The molecule has 0 N–H and O–H groups in total. The molecule has 3 aromatic rings. The van der Waals surface area contributed by atoms with E-state index < -0.39 is 15.2 Å². The summed E-state index contributed by atoms with van der Waals surface area (Å²) in [5.74, 6) is 0.732. The van der Waals surface area contributed by atoms with Crippen LogP contribution >= 0.6 is 11.8 Å². The van der Waals surface area contributed by atoms with Crippen LogP contribution in [0.5, 0.6) is 5.75 Å². The lowest BCUT2D eigenvalue weighted by Crippen LogP contribution is -2.63. The van der Waals surface area contributed by atoms with Crippen molar-refractivity contribution in [1.29, 1.82) is 0 Å². The van der Waals surface area contributed by atoms with E-state index in [1.54, 1.807) is 24.3 Å². The van der Waals surface area contributed by atoms with E-state index in [-0.39, 0.29) is 0 Å². The van der Waals surface area contributed by atoms with E-state index >= 15 is 0 Å². The van der Waals surface area contributed by atoms with E-state index in [0.717, 1.165) is 41.0 Å². The van der Waals surface area contributed by atoms with Crippen LogP contribution in [-0.2, 0) is 9.22 Å². The monoisotopic (exact) mass is 510 g/mol. The first-order valence-corrected chi connectivity index (χ1v) is 13.5. The van der Waals surface area contributed by atoms with Gasteiger partial charge in [-0.25, -0.2) is 0 Å². The van der Waals surface area contributed by atoms with Crippen LogP contribution in [0, 0.1) is 10.2 Å². The molecule has 5 nitrogen and oxygen atoms in total. The molecule has 0 amide bonds. The Morgan fingerprint density at radius 2 is 1.43 bits per heavy atom. The van der Waals surface area contributed by atoms with Crippen molar-refractivity contribution < 1.29 is 33.2 Å². The van der Waals surface area contributed by atoms with Gasteiger partial charge in [0.1, 0.15) is 5.75 Å². The standard InChI is InChI=1S/C28H27ClO5S/c1-2-3-10-21-33-25-17-15-22(16-18-25)26-19-20-27(23-11-6-4-7-12-23)35-28(26,34-29(30,31)32)24-13-8-5-9-14-24/h4-9,11-20H,2-3,10,21H2,1H3. The lowest BCUT2D eigenvalue weighted by molar-refractivity contribution is -1.92. The Morgan fingerprint density at radius 1 is 0.771 bits per heavy atom. The van der Waals surface area contributed by atoms with Crippen LogP contribution in [0.4, 0.5) is 0 Å². The maximum atomic E-state index is 12.0. The molecule has 3 aromatic carbocycles. The predicted molar refractivity (Wildman–Crippen MR) is 131 cm³/mol. The van der Waals surface area contributed by atoms with Crippen molar-refractivity contribution in [3.05, 3.63) is 114 Å². The van der Waals surface area contributed by atoms with Gasteiger partial charge in [0.2, 0.25) is 0 Å². The van der Waals surface area contributed by atoms with Gasteiger partial charge in [-0.2, -0.15) is 14.0 Å². The minimum atomic E-state index is -4.75. The number of rotatable bonds is 10. The average Bonchev–Trinajstić information content (AvgIpc) is 2.87. The molecule has 1 aliphatic rings. The van der Waals surface area contributed by atoms with Gasteiger partial charge in [0.25, 0.3) is 0 Å². The lowest BCUT2D eigenvalue weighted by Gasteiger charge is -2.34. The van der Waals surface area contributed by atoms with Crippen LogP contribution < -0.4 is 18.7 Å². The van der Waals surface area contributed by atoms with Crippen LogP contribution in [0.15, 0.2) is 97.1 Å². The Labute approximate surface area is 212 Å². The number of ether oxygens (including phenoxy) is 1. The molecule has 0 saturated carbocycles. The Hall–Kier alpha value is -2.58. The van der Waals surface area contributed by atoms with Gasteiger partial charge in [0.05, 0.1) is 21.1 Å². The Bertz CT molecular complexity index is 1160. The van der Waals surface area contributed by atoms with Gasteiger partial charge in [0.15, 0.2) is 0 Å². The molecule has 0 aliphatic carbocycles. The van der Waals surface area contributed by atoms with E-state index in [4.69, 9.17) is 9.03 Å². The molecular formula is C28H27ClO5S. The smallest absolute Gasteiger partial charge is 0.324 e. The average molecular weight is 511 g/mol. The summed E-state index contributed by atoms with van der Waals surface area (Å²) >= 11 is 1.19. The molecule has 0 spiro atoms. The van der Waals surface area contributed by atoms with Gasteiger partial charge in [0, 0.05) is 16.0 Å². The third-order valence-electron chi connectivity index (χ3n) is 5.61. The van der Waals surface area contributed by atoms with Crippen molar-refractivity contribution in [2.24, 2.45) is 0 Å². The highest BCUT2D eigenvalue weighted by Gasteiger charge is 2.54. The molecule has 7 heteroatoms. The summed E-state index contributed by atoms with van der Waals surface area (Å²) in [6, 6.07) is 25.9. The highest BCUT2D eigenvalue weighted by molar-refractivity contribution is 8.09. The molecule has 0 saturated heterocycles. The molecule has 1 unspecified atom stereocenters. The molecule has 0 bridgehead atoms. The number of benzene rings is 3. The molecule has 4 rings (SSSR count). The third-order valence-corrected chi connectivity index (χ3v) is 7.54. The maximum Gasteiger partial charge on any atom is 0.324 e. The minimum Gasteiger partial charge on any atom is -0.494 e. The van der Waals surface area contributed by atoms with E-state index in [9.17, 15) is 14.0 Å². The summed E-state index contributed by atoms with van der Waals surface area (Å²) in [5.41, 5.74) is 2.72. The molecule has 35 heavy (non-hydrogen) atoms. The Morgan fingerprint density at radius 3 is 2.06 bits per heavy atom. The Kier molecular flexibility index (Phi) is 8.34. The first-order chi connectivity index (χ1) is 16.9. The second kappa shape index (κ2) is 11.4. The summed E-state index contributed by atoms with van der Waals surface area (Å²) < 4.78 is 47.3. The van der Waals surface area contributed by atoms with Gasteiger partial charge in [-0.05, 0) is 35.8 Å². The van der Waals surface area contributed by atoms with Crippen molar-refractivity contribution in [2.75, 3.05) is 6.61 Å². The highest BCUT2D eigenvalue weighted by atomic mass is 35.7. The topological polar surface area (TPSA) is 87.6 Å². The number of allylic oxidation sites excluding steroid dienone is 2. The molecule has 0 aromatic heterocycles. The fraction of sp³-hybridized carbons (Fsp3) is 0.214. The van der Waals surface area contributed by atoms with Crippen LogP contribution in [0.3, 0.4) is 0 Å². The van der Waals surface area contributed by atoms with E-state index in [2.05, 4.69) is 6.92 Å². The Balaban J connectivity index is 1.78. The summed E-state index contributed by atoms with van der Waals surface area (Å²) in [6.45, 7) is 2.78. The van der Waals surface area contributed by atoms with Crippen molar-refractivity contribution >= 4 is 22.2 Å². The van der Waals surface area contributed by atoms with Crippen molar-refractivity contribution in [3.63, 3.8) is 0 Å². The van der Waals surface area contributed by atoms with E-state index in [0.29, 0.717) is 17.7 Å². The van der Waals surface area contributed by atoms with Crippen LogP contribution in [0.1, 0.15) is 42.9 Å². The van der Waals surface area contributed by atoms with E-state index in [1.165, 1.54) is 11.8 Å². The molecule has 0 radical (unpaired) electrons. The fourth-order valence-electron chi connectivity index (χ4n) is 3.94. The normalized spacial score (nSPS) is 18.1. The second-order valence-electron chi connectivity index (χ2n) is 8.10. The van der Waals surface area contributed by atoms with Crippen molar-refractivity contribution in [2.45, 2.75) is 31.1 Å². The lowest BCUT2D eigenvalue weighted by atomic mass is 9.93. The van der Waals surface area contributed by atoms with Crippen LogP contribution in [0.25, 0.3) is 10.5 Å². The van der Waals surface area contributed by atoms with Gasteiger partial charge in [-0.3, -0.25) is 0 Å². The minimum absolute atomic E-state index is 0.546. The quantitative estimate of drug-likeness (QED) is 0.380. The molecule has 182 valence electrons. The zero-order valence-electron chi connectivity index (χ0n) is 19.4. The second-order valence-corrected chi connectivity index (χ2v) is 10.2. The number of halogens is 1. The summed E-state index contributed by atoms with van der Waals surface area (Å²) in [6.07, 6.45) is 6.96. The largest absolute Gasteiger partial charge is 0.494 e. The predicted octanol–water partition coefficient (Wildman–Crippen LogP) is 4.19. The third kappa shape index (κ3) is 6.35. The molecule has 1 aliphatic heterocycles. The molecular weight excluding hydrogens is 484 g/mol. The first-order valence-electron chi connectivity index (χ1n) is 11.5. The molecule has 0 fully saturated rings. The zero-order chi connectivity index (χ0) is 24.7. The van der Waals surface area contributed by atoms with Crippen LogP contribution in [0.2, 0.25) is 0 Å². The maximum absolute atomic E-state index is 12.0. The number of thioether (sulfide) groups is 1. The van der Waals surface area contributed by atoms with Gasteiger partial charge in [-0.1, -0.05) is 110 Å². The van der Waals surface area contributed by atoms with Crippen molar-refractivity contribution in [3.8, 4) is 5.75 Å². The summed E-state index contributed by atoms with van der Waals surface area (Å²) in [5, 5.41) is 0. The van der Waals surface area contributed by atoms with Crippen molar-refractivity contribution in [1.82, 2.24) is 0 Å². The summed E-state index contributed by atoms with van der Waals surface area (Å²) in [7, 11) is -4.75. The number of hydrogen-bond donors (Lipinski definition) is 0. The number of hydrogen-bond acceptors (Lipinski definition) is 6. The van der Waals surface area contributed by atoms with E-state index in [1.807, 2.05) is 72.8 Å². The van der Waals surface area contributed by atoms with Gasteiger partial charge in [-0.15, -0.1) is 0 Å². The SMILES string of the molecule is CCCCCOc1ccc(C2=CC=C(c3ccccc3)SC2(O[Cl+3]([O-])([O-])[O-])c2ccccc2)cc1. The van der Waals surface area contributed by atoms with Gasteiger partial charge >= 0.3 is 4.93 Å².